The number of carboxylic acid groups (broad SMARTS) is 1. The highest BCUT2D eigenvalue weighted by Crippen LogP contribution is 2.31. The molecule has 0 radical (unpaired) electrons. The number of hydrogen-bond acceptors (Lipinski definition) is 6. The van der Waals surface area contributed by atoms with Crippen LogP contribution < -0.4 is 15.0 Å². The Bertz CT molecular complexity index is 1180. The van der Waals surface area contributed by atoms with Gasteiger partial charge in [0, 0.05) is 44.8 Å². The number of carbonyl (C=O) groups is 2. The molecule has 0 bridgehead atoms. The number of nitrogens with zero attached hydrogens (tertiary/aromatic N) is 3. The summed E-state index contributed by atoms with van der Waals surface area (Å²) >= 11 is 0. The summed E-state index contributed by atoms with van der Waals surface area (Å²) in [7, 11) is 1.83. The SMILES string of the molecule is Cc1cc(N(C)C(=O)C2CCC(Oc3cccc(C#N)c3)CC2)ccc1CN1CCN[C@](C)(C(=O)O)C1. The average Bonchev–Trinajstić information content (AvgIpc) is 2.89. The van der Waals surface area contributed by atoms with Crippen LogP contribution in [0, 0.1) is 24.2 Å². The zero-order valence-corrected chi connectivity index (χ0v) is 21.9. The summed E-state index contributed by atoms with van der Waals surface area (Å²) in [4.78, 5) is 28.8. The van der Waals surface area contributed by atoms with Crippen molar-refractivity contribution in [3.8, 4) is 11.8 Å². The van der Waals surface area contributed by atoms with Crippen molar-refractivity contribution in [2.75, 3.05) is 31.6 Å². The molecule has 196 valence electrons. The number of carbonyl (C=O) groups excluding carboxylic acids is 1. The number of hydrogen-bond donors (Lipinski definition) is 2. The molecule has 2 aromatic carbocycles. The third-order valence-corrected chi connectivity index (χ3v) is 7.68. The number of ether oxygens (including phenoxy) is 1. The molecule has 2 aromatic rings. The van der Waals surface area contributed by atoms with E-state index in [2.05, 4.69) is 22.4 Å². The summed E-state index contributed by atoms with van der Waals surface area (Å²) in [5.74, 6) is -0.0469. The molecule has 2 aliphatic rings. The molecule has 0 unspecified atom stereocenters. The van der Waals surface area contributed by atoms with Crippen LogP contribution in [0.3, 0.4) is 0 Å². The second kappa shape index (κ2) is 11.3. The summed E-state index contributed by atoms with van der Waals surface area (Å²) in [5.41, 5.74) is 2.73. The predicted molar refractivity (Wildman–Crippen MR) is 141 cm³/mol. The van der Waals surface area contributed by atoms with Gasteiger partial charge in [-0.05, 0) is 81.0 Å². The maximum atomic E-state index is 13.3. The van der Waals surface area contributed by atoms with Gasteiger partial charge in [0.05, 0.1) is 17.7 Å². The van der Waals surface area contributed by atoms with Gasteiger partial charge in [-0.2, -0.15) is 5.26 Å². The molecule has 37 heavy (non-hydrogen) atoms. The van der Waals surface area contributed by atoms with E-state index in [4.69, 9.17) is 10.00 Å². The van der Waals surface area contributed by atoms with Crippen LogP contribution in [0.15, 0.2) is 42.5 Å². The number of nitriles is 1. The van der Waals surface area contributed by atoms with Gasteiger partial charge >= 0.3 is 5.97 Å². The van der Waals surface area contributed by atoms with E-state index in [1.807, 2.05) is 38.2 Å². The maximum absolute atomic E-state index is 13.3. The van der Waals surface area contributed by atoms with Crippen molar-refractivity contribution in [1.82, 2.24) is 10.2 Å². The van der Waals surface area contributed by atoms with Gasteiger partial charge in [-0.25, -0.2) is 0 Å². The minimum Gasteiger partial charge on any atom is -0.490 e. The third kappa shape index (κ3) is 6.30. The summed E-state index contributed by atoms with van der Waals surface area (Å²) in [6, 6.07) is 15.4. The van der Waals surface area contributed by atoms with Gasteiger partial charge in [0.15, 0.2) is 0 Å². The molecule has 1 aliphatic heterocycles. The molecule has 8 nitrogen and oxygen atoms in total. The Labute approximate surface area is 218 Å². The second-order valence-corrected chi connectivity index (χ2v) is 10.5. The predicted octanol–water partition coefficient (Wildman–Crippen LogP) is 3.72. The van der Waals surface area contributed by atoms with Gasteiger partial charge in [-0.15, -0.1) is 0 Å². The normalized spacial score (nSPS) is 24.2. The van der Waals surface area contributed by atoms with E-state index in [1.54, 1.807) is 24.0 Å². The van der Waals surface area contributed by atoms with Crippen LogP contribution >= 0.6 is 0 Å². The first-order chi connectivity index (χ1) is 17.7. The van der Waals surface area contributed by atoms with Gasteiger partial charge in [-0.1, -0.05) is 12.1 Å². The van der Waals surface area contributed by atoms with Gasteiger partial charge in [0.1, 0.15) is 11.3 Å². The number of aliphatic carboxylic acids is 1. The minimum absolute atomic E-state index is 0.0372. The molecular formula is C29H36N4O4. The molecule has 8 heteroatoms. The monoisotopic (exact) mass is 504 g/mol. The molecule has 1 amide bonds. The van der Waals surface area contributed by atoms with Crippen molar-refractivity contribution in [1.29, 1.82) is 5.26 Å². The van der Waals surface area contributed by atoms with E-state index >= 15 is 0 Å². The van der Waals surface area contributed by atoms with E-state index in [1.165, 1.54) is 0 Å². The third-order valence-electron chi connectivity index (χ3n) is 7.68. The number of aryl methyl sites for hydroxylation is 1. The smallest absolute Gasteiger partial charge is 0.324 e. The zero-order valence-electron chi connectivity index (χ0n) is 21.9. The molecule has 1 atom stereocenters. The Morgan fingerprint density at radius 3 is 2.65 bits per heavy atom. The molecule has 2 N–H and O–H groups in total. The molecule has 1 saturated heterocycles. The number of benzene rings is 2. The first-order valence-electron chi connectivity index (χ1n) is 12.9. The molecular weight excluding hydrogens is 468 g/mol. The molecule has 2 fully saturated rings. The van der Waals surface area contributed by atoms with Crippen LogP contribution in [-0.2, 0) is 16.1 Å². The quantitative estimate of drug-likeness (QED) is 0.592. The first-order valence-corrected chi connectivity index (χ1v) is 12.9. The van der Waals surface area contributed by atoms with Crippen LogP contribution in [0.1, 0.15) is 49.3 Å². The van der Waals surface area contributed by atoms with Crippen molar-refractivity contribution in [2.24, 2.45) is 5.92 Å². The maximum Gasteiger partial charge on any atom is 0.324 e. The standard InChI is InChI=1S/C29H36N4O4/c1-20-15-24(10-7-23(20)18-33-14-13-31-29(2,19-33)28(35)36)32(3)27(34)22-8-11-25(12-9-22)37-26-6-4-5-21(16-26)17-30/h4-7,10,15-16,22,25,31H,8-9,11-14,18-19H2,1-3H3,(H,35,36)/t22?,25?,29-/m0/s1. The van der Waals surface area contributed by atoms with Gasteiger partial charge in [-0.3, -0.25) is 19.8 Å². The molecule has 4 rings (SSSR count). The van der Waals surface area contributed by atoms with Gasteiger partial charge in [0.25, 0.3) is 0 Å². The zero-order chi connectivity index (χ0) is 26.6. The summed E-state index contributed by atoms with van der Waals surface area (Å²) in [6.45, 7) is 6.31. The van der Waals surface area contributed by atoms with Crippen LogP contribution in [0.4, 0.5) is 5.69 Å². The molecule has 0 spiro atoms. The average molecular weight is 505 g/mol. The van der Waals surface area contributed by atoms with Crippen molar-refractivity contribution < 1.29 is 19.4 Å². The van der Waals surface area contributed by atoms with Crippen LogP contribution in [0.5, 0.6) is 5.75 Å². The fourth-order valence-electron chi connectivity index (χ4n) is 5.32. The number of anilines is 1. The Morgan fingerprint density at radius 2 is 1.97 bits per heavy atom. The Kier molecular flexibility index (Phi) is 8.16. The lowest BCUT2D eigenvalue weighted by Gasteiger charge is -2.38. The van der Waals surface area contributed by atoms with E-state index < -0.39 is 11.5 Å². The van der Waals surface area contributed by atoms with Crippen molar-refractivity contribution in [2.45, 2.75) is 57.7 Å². The Balaban J connectivity index is 1.32. The fourth-order valence-corrected chi connectivity index (χ4v) is 5.32. The number of piperazine rings is 1. The van der Waals surface area contributed by atoms with Gasteiger partial charge in [0.2, 0.25) is 5.91 Å². The topological polar surface area (TPSA) is 106 Å². The van der Waals surface area contributed by atoms with Crippen LogP contribution in [0.25, 0.3) is 0 Å². The summed E-state index contributed by atoms with van der Waals surface area (Å²) < 4.78 is 6.07. The Morgan fingerprint density at radius 1 is 1.22 bits per heavy atom. The summed E-state index contributed by atoms with van der Waals surface area (Å²) in [5, 5.41) is 21.7. The molecule has 0 aromatic heterocycles. The molecule has 1 heterocycles. The van der Waals surface area contributed by atoms with E-state index in [9.17, 15) is 14.7 Å². The fraction of sp³-hybridized carbons (Fsp3) is 0.483. The molecule has 1 saturated carbocycles. The highest BCUT2D eigenvalue weighted by Gasteiger charge is 2.37. The van der Waals surface area contributed by atoms with Crippen molar-refractivity contribution in [3.05, 3.63) is 59.2 Å². The molecule has 1 aliphatic carbocycles. The van der Waals surface area contributed by atoms with E-state index in [0.717, 1.165) is 49.0 Å². The largest absolute Gasteiger partial charge is 0.490 e. The second-order valence-electron chi connectivity index (χ2n) is 10.5. The van der Waals surface area contributed by atoms with E-state index in [0.29, 0.717) is 30.9 Å². The number of carboxylic acids is 1. The van der Waals surface area contributed by atoms with E-state index in [-0.39, 0.29) is 17.9 Å². The number of rotatable bonds is 7. The lowest BCUT2D eigenvalue weighted by atomic mass is 9.86. The van der Waals surface area contributed by atoms with Crippen molar-refractivity contribution >= 4 is 17.6 Å². The van der Waals surface area contributed by atoms with Crippen molar-refractivity contribution in [3.63, 3.8) is 0 Å². The lowest BCUT2D eigenvalue weighted by Crippen LogP contribution is -2.62. The summed E-state index contributed by atoms with van der Waals surface area (Å²) in [6.07, 6.45) is 3.21. The highest BCUT2D eigenvalue weighted by molar-refractivity contribution is 5.94. The van der Waals surface area contributed by atoms with Crippen LogP contribution in [-0.4, -0.2) is 60.2 Å². The number of amides is 1. The lowest BCUT2D eigenvalue weighted by molar-refractivity contribution is -0.146. The van der Waals surface area contributed by atoms with Crippen LogP contribution in [0.2, 0.25) is 0 Å². The number of nitrogens with one attached hydrogen (secondary N) is 1. The Hall–Kier alpha value is -3.41. The minimum atomic E-state index is -0.941. The highest BCUT2D eigenvalue weighted by atomic mass is 16.5. The van der Waals surface area contributed by atoms with Gasteiger partial charge < -0.3 is 14.7 Å². The first kappa shape index (κ1) is 26.6.